The lowest BCUT2D eigenvalue weighted by atomic mass is 10.2. The number of hydrogen-bond acceptors (Lipinski definition) is 7. The predicted molar refractivity (Wildman–Crippen MR) is 98.9 cm³/mol. The van der Waals surface area contributed by atoms with Gasteiger partial charge in [-0.2, -0.15) is 0 Å². The number of nitrogens with zero attached hydrogens (tertiary/aromatic N) is 2. The summed E-state index contributed by atoms with van der Waals surface area (Å²) in [6.45, 7) is 0.242. The Labute approximate surface area is 156 Å². The Balaban J connectivity index is 1.80. The van der Waals surface area contributed by atoms with Gasteiger partial charge in [0, 0.05) is 24.4 Å². The highest BCUT2D eigenvalue weighted by Crippen LogP contribution is 2.29. The highest BCUT2D eigenvalue weighted by atomic mass is 32.2. The number of nitro benzene ring substituents is 1. The molecule has 1 saturated carbocycles. The zero-order chi connectivity index (χ0) is 19.4. The number of ether oxygens (including phenoxy) is 1. The summed E-state index contributed by atoms with van der Waals surface area (Å²) in [7, 11) is -4.03. The first-order valence-electron chi connectivity index (χ1n) is 8.50. The number of nitro groups is 1. The molecule has 0 radical (unpaired) electrons. The van der Waals surface area contributed by atoms with Crippen molar-refractivity contribution in [2.45, 2.75) is 43.2 Å². The van der Waals surface area contributed by atoms with Gasteiger partial charge in [-0.15, -0.1) is 0 Å². The van der Waals surface area contributed by atoms with Crippen LogP contribution in [0.2, 0.25) is 0 Å². The highest BCUT2D eigenvalue weighted by molar-refractivity contribution is 7.89. The van der Waals surface area contributed by atoms with Crippen LogP contribution >= 0.6 is 0 Å². The number of benzene rings is 1. The van der Waals surface area contributed by atoms with Gasteiger partial charge in [-0.1, -0.05) is 6.07 Å². The molecule has 0 saturated heterocycles. The van der Waals surface area contributed by atoms with Gasteiger partial charge in [0.2, 0.25) is 15.9 Å². The lowest BCUT2D eigenvalue weighted by Gasteiger charge is -2.16. The first kappa shape index (κ1) is 19.1. The molecule has 0 spiro atoms. The molecule has 1 fully saturated rings. The van der Waals surface area contributed by atoms with E-state index in [2.05, 4.69) is 10.3 Å². The van der Waals surface area contributed by atoms with Gasteiger partial charge >= 0.3 is 0 Å². The number of sulfonamides is 1. The van der Waals surface area contributed by atoms with Crippen molar-refractivity contribution in [2.24, 2.45) is 5.14 Å². The second kappa shape index (κ2) is 7.89. The van der Waals surface area contributed by atoms with Crippen molar-refractivity contribution in [3.63, 3.8) is 0 Å². The summed E-state index contributed by atoms with van der Waals surface area (Å²) in [5, 5.41) is 19.3. The van der Waals surface area contributed by atoms with Crippen molar-refractivity contribution in [3.8, 4) is 5.88 Å². The number of nitrogens with one attached hydrogen (secondary N) is 1. The number of hydrogen-bond donors (Lipinski definition) is 2. The Morgan fingerprint density at radius 3 is 2.70 bits per heavy atom. The first-order chi connectivity index (χ1) is 12.8. The number of aromatic nitrogens is 1. The van der Waals surface area contributed by atoms with Crippen molar-refractivity contribution in [3.05, 3.63) is 52.2 Å². The van der Waals surface area contributed by atoms with Crippen LogP contribution in [0.3, 0.4) is 0 Å². The molecule has 0 amide bonds. The lowest BCUT2D eigenvalue weighted by Crippen LogP contribution is -2.15. The minimum Gasteiger partial charge on any atom is -0.474 e. The smallest absolute Gasteiger partial charge is 0.293 e. The standard InChI is InChI=1S/C17H20N4O5S/c18-27(24,25)14-7-8-15(16(10-14)21(22)23)20-11-12-4-3-9-19-17(12)26-13-5-1-2-6-13/h3-4,7-10,13,20H,1-2,5-6,11H2,(H2,18,24,25). The molecule has 0 aliphatic heterocycles. The van der Waals surface area contributed by atoms with Crippen LogP contribution < -0.4 is 15.2 Å². The van der Waals surface area contributed by atoms with Gasteiger partial charge in [-0.3, -0.25) is 10.1 Å². The molecule has 0 atom stereocenters. The molecule has 2 aromatic rings. The minimum absolute atomic E-state index is 0.141. The average Bonchev–Trinajstić information content (AvgIpc) is 3.13. The molecule has 1 heterocycles. The van der Waals surface area contributed by atoms with Crippen molar-refractivity contribution in [1.29, 1.82) is 0 Å². The van der Waals surface area contributed by atoms with E-state index in [0.29, 0.717) is 5.88 Å². The van der Waals surface area contributed by atoms with E-state index in [0.717, 1.165) is 37.3 Å². The van der Waals surface area contributed by atoms with Gasteiger partial charge in [-0.05, 0) is 43.9 Å². The second-order valence-electron chi connectivity index (χ2n) is 6.33. The van der Waals surface area contributed by atoms with E-state index in [1.165, 1.54) is 12.1 Å². The second-order valence-corrected chi connectivity index (χ2v) is 7.89. The van der Waals surface area contributed by atoms with E-state index in [-0.39, 0.29) is 28.9 Å². The molecule has 3 rings (SSSR count). The quantitative estimate of drug-likeness (QED) is 0.545. The molecular weight excluding hydrogens is 372 g/mol. The Bertz CT molecular complexity index is 942. The fraction of sp³-hybridized carbons (Fsp3) is 0.353. The summed E-state index contributed by atoms with van der Waals surface area (Å²) in [4.78, 5) is 14.6. The Morgan fingerprint density at radius 2 is 2.04 bits per heavy atom. The molecule has 3 N–H and O–H groups in total. The first-order valence-corrected chi connectivity index (χ1v) is 10.0. The van der Waals surface area contributed by atoms with Crippen molar-refractivity contribution in [1.82, 2.24) is 4.98 Å². The number of pyridine rings is 1. The zero-order valence-electron chi connectivity index (χ0n) is 14.5. The van der Waals surface area contributed by atoms with E-state index in [9.17, 15) is 18.5 Å². The summed E-state index contributed by atoms with van der Waals surface area (Å²) in [6, 6.07) is 7.08. The maximum Gasteiger partial charge on any atom is 0.293 e. The predicted octanol–water partition coefficient (Wildman–Crippen LogP) is 2.57. The molecule has 9 nitrogen and oxygen atoms in total. The maximum absolute atomic E-state index is 11.4. The third-order valence-electron chi connectivity index (χ3n) is 4.39. The summed E-state index contributed by atoms with van der Waals surface area (Å²) in [6.07, 6.45) is 6.02. The van der Waals surface area contributed by atoms with E-state index in [4.69, 9.17) is 9.88 Å². The maximum atomic E-state index is 11.4. The zero-order valence-corrected chi connectivity index (χ0v) is 15.3. The minimum atomic E-state index is -4.03. The van der Waals surface area contributed by atoms with Crippen LogP contribution in [0.1, 0.15) is 31.2 Å². The molecule has 1 aliphatic carbocycles. The highest BCUT2D eigenvalue weighted by Gasteiger charge is 2.21. The van der Waals surface area contributed by atoms with Gasteiger partial charge in [-0.25, -0.2) is 18.5 Å². The molecule has 27 heavy (non-hydrogen) atoms. The molecular formula is C17H20N4O5S. The van der Waals surface area contributed by atoms with Crippen LogP contribution in [0, 0.1) is 10.1 Å². The molecule has 144 valence electrons. The van der Waals surface area contributed by atoms with E-state index >= 15 is 0 Å². The Hall–Kier alpha value is -2.72. The summed E-state index contributed by atoms with van der Waals surface area (Å²) in [5.41, 5.74) is 0.570. The van der Waals surface area contributed by atoms with Crippen LogP contribution in [-0.4, -0.2) is 24.4 Å². The van der Waals surface area contributed by atoms with Crippen LogP contribution in [0.25, 0.3) is 0 Å². The third-order valence-corrected chi connectivity index (χ3v) is 5.31. The van der Waals surface area contributed by atoms with Gasteiger partial charge < -0.3 is 10.1 Å². The van der Waals surface area contributed by atoms with Gasteiger partial charge in [0.05, 0.1) is 9.82 Å². The van der Waals surface area contributed by atoms with Crippen LogP contribution in [0.5, 0.6) is 5.88 Å². The molecule has 1 aliphatic rings. The molecule has 0 unspecified atom stereocenters. The van der Waals surface area contributed by atoms with E-state index < -0.39 is 14.9 Å². The SMILES string of the molecule is NS(=O)(=O)c1ccc(NCc2cccnc2OC2CCCC2)c([N+](=O)[O-])c1. The van der Waals surface area contributed by atoms with Gasteiger partial charge in [0.15, 0.2) is 0 Å². The van der Waals surface area contributed by atoms with Crippen molar-refractivity contribution < 1.29 is 18.1 Å². The fourth-order valence-electron chi connectivity index (χ4n) is 3.01. The Kier molecular flexibility index (Phi) is 5.57. The van der Waals surface area contributed by atoms with Crippen LogP contribution in [0.15, 0.2) is 41.4 Å². The largest absolute Gasteiger partial charge is 0.474 e. The monoisotopic (exact) mass is 392 g/mol. The summed E-state index contributed by atoms with van der Waals surface area (Å²) in [5.74, 6) is 0.501. The molecule has 10 heteroatoms. The number of anilines is 1. The number of primary sulfonamides is 1. The number of nitrogens with two attached hydrogens (primary N) is 1. The third kappa shape index (κ3) is 4.72. The lowest BCUT2D eigenvalue weighted by molar-refractivity contribution is -0.384. The topological polar surface area (TPSA) is 137 Å². The van der Waals surface area contributed by atoms with Gasteiger partial charge in [0.1, 0.15) is 11.8 Å². The van der Waals surface area contributed by atoms with Crippen LogP contribution in [-0.2, 0) is 16.6 Å². The normalized spacial score (nSPS) is 14.9. The van der Waals surface area contributed by atoms with Crippen LogP contribution in [0.4, 0.5) is 11.4 Å². The van der Waals surface area contributed by atoms with Crippen molar-refractivity contribution in [2.75, 3.05) is 5.32 Å². The molecule has 0 bridgehead atoms. The van der Waals surface area contributed by atoms with Crippen molar-refractivity contribution >= 4 is 21.4 Å². The molecule has 1 aromatic heterocycles. The average molecular weight is 392 g/mol. The number of rotatable bonds is 7. The summed E-state index contributed by atoms with van der Waals surface area (Å²) < 4.78 is 28.8. The van der Waals surface area contributed by atoms with E-state index in [1.807, 2.05) is 6.07 Å². The molecule has 1 aromatic carbocycles. The van der Waals surface area contributed by atoms with Gasteiger partial charge in [0.25, 0.3) is 5.69 Å². The van der Waals surface area contributed by atoms with E-state index in [1.54, 1.807) is 12.3 Å². The Morgan fingerprint density at radius 1 is 1.30 bits per heavy atom. The summed E-state index contributed by atoms with van der Waals surface area (Å²) >= 11 is 0. The fourth-order valence-corrected chi connectivity index (χ4v) is 3.54.